The molecule has 0 aliphatic carbocycles. The molecule has 38 heavy (non-hydrogen) atoms. The number of amides is 1. The Morgan fingerprint density at radius 2 is 2.05 bits per heavy atom. The number of hydrazine groups is 1. The first kappa shape index (κ1) is 28.7. The Hall–Kier alpha value is -3.85. The molecule has 202 valence electrons. The summed E-state index contributed by atoms with van der Waals surface area (Å²) in [5.41, 5.74) is 15.6. The summed E-state index contributed by atoms with van der Waals surface area (Å²) in [5.74, 6) is 0.637. The predicted octanol–water partition coefficient (Wildman–Crippen LogP) is 4.90. The highest BCUT2D eigenvalue weighted by Gasteiger charge is 2.53. The highest BCUT2D eigenvalue weighted by Crippen LogP contribution is 2.43. The van der Waals surface area contributed by atoms with Gasteiger partial charge in [0.15, 0.2) is 11.6 Å². The minimum Gasteiger partial charge on any atom is -0.494 e. The summed E-state index contributed by atoms with van der Waals surface area (Å²) in [5, 5.41) is 12.7. The van der Waals surface area contributed by atoms with Gasteiger partial charge in [-0.2, -0.15) is 0 Å². The molecule has 0 bridgehead atoms. The Bertz CT molecular complexity index is 1150. The molecule has 1 amide bonds. The number of azide groups is 1. The predicted molar refractivity (Wildman–Crippen MR) is 147 cm³/mol. The zero-order valence-corrected chi connectivity index (χ0v) is 21.8. The molecule has 10 heteroatoms. The number of aliphatic hydroxyl groups excluding tert-OH is 1. The molecule has 1 aliphatic rings. The molecular formula is C28H36N6O4. The molecule has 2 aromatic rings. The van der Waals surface area contributed by atoms with Crippen molar-refractivity contribution >= 4 is 11.8 Å². The van der Waals surface area contributed by atoms with E-state index in [9.17, 15) is 4.79 Å². The number of carbonyl (C=O) groups excluding carboxylic acids is 1. The number of aliphatic hydroxyl groups is 1. The second kappa shape index (κ2) is 14.8. The molecule has 0 fully saturated rings. The zero-order valence-electron chi connectivity index (χ0n) is 21.8. The largest absolute Gasteiger partial charge is 0.494 e. The smallest absolute Gasteiger partial charge is 0.266 e. The van der Waals surface area contributed by atoms with Crippen LogP contribution in [0.1, 0.15) is 61.8 Å². The molecule has 1 heterocycles. The zero-order chi connectivity index (χ0) is 27.2. The second-order valence-electron chi connectivity index (χ2n) is 8.96. The van der Waals surface area contributed by atoms with Crippen molar-refractivity contribution in [1.82, 2.24) is 10.9 Å². The maximum atomic E-state index is 13.7. The Balaban J connectivity index is 1.98. The van der Waals surface area contributed by atoms with Gasteiger partial charge in [0.25, 0.3) is 5.91 Å². The van der Waals surface area contributed by atoms with Gasteiger partial charge in [0.05, 0.1) is 13.2 Å². The number of nitrogens with zero attached hydrogens (tertiary/aromatic N) is 4. The molecular weight excluding hydrogens is 484 g/mol. The summed E-state index contributed by atoms with van der Waals surface area (Å²) in [4.78, 5) is 21.5. The van der Waals surface area contributed by atoms with E-state index < -0.39 is 11.6 Å². The number of carbonyl (C=O) groups is 1. The van der Waals surface area contributed by atoms with Crippen molar-refractivity contribution in [2.45, 2.75) is 57.2 Å². The van der Waals surface area contributed by atoms with Crippen LogP contribution in [0.25, 0.3) is 10.4 Å². The number of rotatable bonds is 16. The molecule has 2 aromatic carbocycles. The third-order valence-corrected chi connectivity index (χ3v) is 6.23. The SMILES string of the molecule is C=CC[C@]1(C(=O)NNCCCCC)N=C(c2ccc(OCCCO)cc2)O[C@H]1c1ccccc1CN=[N+]=[N-]. The van der Waals surface area contributed by atoms with E-state index in [-0.39, 0.29) is 25.5 Å². The van der Waals surface area contributed by atoms with E-state index in [0.29, 0.717) is 42.3 Å². The minimum atomic E-state index is -1.34. The third-order valence-electron chi connectivity index (χ3n) is 6.23. The van der Waals surface area contributed by atoms with Crippen molar-refractivity contribution in [2.24, 2.45) is 10.1 Å². The molecule has 2 atom stereocenters. The van der Waals surface area contributed by atoms with Crippen molar-refractivity contribution < 1.29 is 19.4 Å². The quantitative estimate of drug-likeness (QED) is 0.0721. The number of benzene rings is 2. The first-order valence-electron chi connectivity index (χ1n) is 12.9. The topological polar surface area (TPSA) is 141 Å². The lowest BCUT2D eigenvalue weighted by Crippen LogP contribution is -2.52. The Labute approximate surface area is 223 Å². The van der Waals surface area contributed by atoms with E-state index in [2.05, 4.69) is 34.4 Å². The van der Waals surface area contributed by atoms with Gasteiger partial charge in [-0.1, -0.05) is 55.2 Å². The lowest BCUT2D eigenvalue weighted by Gasteiger charge is -2.30. The fraction of sp³-hybridized carbons (Fsp3) is 0.429. The molecule has 0 aromatic heterocycles. The number of nitrogens with one attached hydrogen (secondary N) is 2. The fourth-order valence-electron chi connectivity index (χ4n) is 4.27. The van der Waals surface area contributed by atoms with Gasteiger partial charge in [-0.05, 0) is 47.3 Å². The summed E-state index contributed by atoms with van der Waals surface area (Å²) in [6, 6.07) is 14.7. The number of unbranched alkanes of at least 4 members (excludes halogenated alkanes) is 2. The molecule has 3 rings (SSSR count). The van der Waals surface area contributed by atoms with Crippen LogP contribution in [0.5, 0.6) is 5.75 Å². The second-order valence-corrected chi connectivity index (χ2v) is 8.96. The van der Waals surface area contributed by atoms with Crippen molar-refractivity contribution in [3.05, 3.63) is 88.3 Å². The number of hydrogen-bond acceptors (Lipinski definition) is 7. The minimum absolute atomic E-state index is 0.0617. The Morgan fingerprint density at radius 3 is 2.76 bits per heavy atom. The van der Waals surface area contributed by atoms with Crippen LogP contribution in [0.3, 0.4) is 0 Å². The van der Waals surface area contributed by atoms with Crippen molar-refractivity contribution in [3.8, 4) is 5.75 Å². The lowest BCUT2D eigenvalue weighted by molar-refractivity contribution is -0.129. The van der Waals surface area contributed by atoms with Crippen molar-refractivity contribution in [3.63, 3.8) is 0 Å². The molecule has 10 nitrogen and oxygen atoms in total. The highest BCUT2D eigenvalue weighted by atomic mass is 16.5. The van der Waals surface area contributed by atoms with Crippen LogP contribution in [-0.2, 0) is 16.1 Å². The van der Waals surface area contributed by atoms with Crippen LogP contribution in [-0.4, -0.2) is 42.2 Å². The molecule has 0 saturated carbocycles. The van der Waals surface area contributed by atoms with Crippen molar-refractivity contribution in [2.75, 3.05) is 19.8 Å². The number of hydrogen-bond donors (Lipinski definition) is 3. The normalized spacial score (nSPS) is 18.2. The van der Waals surface area contributed by atoms with Crippen LogP contribution in [0.2, 0.25) is 0 Å². The average Bonchev–Trinajstić information content (AvgIpc) is 3.33. The van der Waals surface area contributed by atoms with Gasteiger partial charge < -0.3 is 14.6 Å². The van der Waals surface area contributed by atoms with Crippen molar-refractivity contribution in [1.29, 1.82) is 0 Å². The summed E-state index contributed by atoms with van der Waals surface area (Å²) in [7, 11) is 0. The van der Waals surface area contributed by atoms with Crippen LogP contribution in [0.4, 0.5) is 0 Å². The van der Waals surface area contributed by atoms with E-state index in [4.69, 9.17) is 25.1 Å². The molecule has 0 unspecified atom stereocenters. The van der Waals surface area contributed by atoms with E-state index in [1.165, 1.54) is 0 Å². The van der Waals surface area contributed by atoms with Gasteiger partial charge >= 0.3 is 0 Å². The first-order chi connectivity index (χ1) is 18.6. The summed E-state index contributed by atoms with van der Waals surface area (Å²) in [6.07, 6.45) is 4.71. The lowest BCUT2D eigenvalue weighted by atomic mass is 9.83. The third kappa shape index (κ3) is 7.13. The van der Waals surface area contributed by atoms with Crippen LogP contribution in [0, 0.1) is 0 Å². The Morgan fingerprint density at radius 1 is 1.26 bits per heavy atom. The highest BCUT2D eigenvalue weighted by molar-refractivity contribution is 6.01. The Kier molecular flexibility index (Phi) is 11.2. The van der Waals surface area contributed by atoms with Gasteiger partial charge in [0.2, 0.25) is 5.90 Å². The molecule has 0 radical (unpaired) electrons. The standard InChI is InChI=1S/C28H36N6O4/c1-3-5-8-17-30-33-27(36)28(16-4-2)25(24-11-7-6-10-22(24)20-31-34-29)38-26(32-28)21-12-14-23(15-13-21)37-19-9-18-35/h4,6-7,10-15,25,30,35H,2-3,5,8-9,16-20H2,1H3,(H,33,36)/t25-,28-/m0/s1. The molecule has 0 saturated heterocycles. The maximum Gasteiger partial charge on any atom is 0.266 e. The van der Waals surface area contributed by atoms with Gasteiger partial charge in [-0.25, -0.2) is 10.4 Å². The van der Waals surface area contributed by atoms with E-state index in [1.54, 1.807) is 18.2 Å². The average molecular weight is 521 g/mol. The van der Waals surface area contributed by atoms with E-state index in [1.807, 2.05) is 36.4 Å². The summed E-state index contributed by atoms with van der Waals surface area (Å²) >= 11 is 0. The van der Waals surface area contributed by atoms with Gasteiger partial charge in [0, 0.05) is 36.5 Å². The molecule has 1 aliphatic heterocycles. The monoisotopic (exact) mass is 520 g/mol. The fourth-order valence-corrected chi connectivity index (χ4v) is 4.27. The first-order valence-corrected chi connectivity index (χ1v) is 12.9. The van der Waals surface area contributed by atoms with Crippen LogP contribution >= 0.6 is 0 Å². The maximum absolute atomic E-state index is 13.7. The van der Waals surface area contributed by atoms with Gasteiger partial charge in [-0.3, -0.25) is 10.2 Å². The van der Waals surface area contributed by atoms with Gasteiger partial charge in [0.1, 0.15) is 5.75 Å². The van der Waals surface area contributed by atoms with E-state index in [0.717, 1.165) is 24.8 Å². The van der Waals surface area contributed by atoms with Crippen LogP contribution in [0.15, 0.2) is 71.3 Å². The summed E-state index contributed by atoms with van der Waals surface area (Å²) in [6.45, 7) is 7.23. The molecule has 0 spiro atoms. The summed E-state index contributed by atoms with van der Waals surface area (Å²) < 4.78 is 12.1. The molecule has 3 N–H and O–H groups in total. The number of ether oxygens (including phenoxy) is 2. The number of aliphatic imine (C=N–C) groups is 1. The van der Waals surface area contributed by atoms with Gasteiger partial charge in [-0.15, -0.1) is 6.58 Å². The van der Waals surface area contributed by atoms with Crippen LogP contribution < -0.4 is 15.6 Å². The van der Waals surface area contributed by atoms with E-state index >= 15 is 0 Å².